The molecule has 0 bridgehead atoms. The van der Waals surface area contributed by atoms with Crippen LogP contribution in [-0.2, 0) is 25.5 Å². The minimum Gasteiger partial charge on any atom is -0.497 e. The summed E-state index contributed by atoms with van der Waals surface area (Å²) in [5.41, 5.74) is 6.64. The number of rotatable bonds is 13. The summed E-state index contributed by atoms with van der Waals surface area (Å²) in [4.78, 5) is 0. The Labute approximate surface area is 325 Å². The predicted octanol–water partition coefficient (Wildman–Crippen LogP) is 8.90. The van der Waals surface area contributed by atoms with Crippen molar-refractivity contribution < 1.29 is 65.0 Å². The van der Waals surface area contributed by atoms with Crippen LogP contribution in [-0.4, -0.2) is 52.9 Å². The molecule has 0 saturated heterocycles. The fourth-order valence-electron chi connectivity index (χ4n) is 5.94. The summed E-state index contributed by atoms with van der Waals surface area (Å²) in [6.07, 6.45) is -10.4. The van der Waals surface area contributed by atoms with Gasteiger partial charge in [0.05, 0.1) is 60.4 Å². The molecule has 5 aromatic carbocycles. The van der Waals surface area contributed by atoms with Crippen LogP contribution < -0.4 is 39.5 Å². The van der Waals surface area contributed by atoms with E-state index in [0.29, 0.717) is 34.1 Å². The zero-order valence-electron chi connectivity index (χ0n) is 31.8. The van der Waals surface area contributed by atoms with E-state index in [1.54, 1.807) is 43.5 Å². The number of alkyl halides is 6. The Kier molecular flexibility index (Phi) is 14.4. The first-order valence-electron chi connectivity index (χ1n) is 16.9. The van der Waals surface area contributed by atoms with Crippen molar-refractivity contribution in [1.29, 1.82) is 0 Å². The van der Waals surface area contributed by atoms with Gasteiger partial charge in [-0.25, -0.2) is 0 Å². The average molecular weight is 805 g/mol. The third-order valence-electron chi connectivity index (χ3n) is 8.81. The van der Waals surface area contributed by atoms with Crippen LogP contribution in [0.25, 0.3) is 11.1 Å². The van der Waals surface area contributed by atoms with E-state index in [-0.39, 0.29) is 52.8 Å². The van der Waals surface area contributed by atoms with Gasteiger partial charge >= 0.3 is 12.4 Å². The van der Waals surface area contributed by atoms with Gasteiger partial charge in [-0.3, -0.25) is 0 Å². The summed E-state index contributed by atoms with van der Waals surface area (Å²) in [7, 11) is 8.68. The molecule has 57 heavy (non-hydrogen) atoms. The fraction of sp³-hybridized carbons (Fsp3) is 0.268. The van der Waals surface area contributed by atoms with Crippen molar-refractivity contribution in [3.8, 4) is 45.6 Å². The Morgan fingerprint density at radius 1 is 0.596 bits per heavy atom. The number of benzene rings is 5. The van der Waals surface area contributed by atoms with Crippen molar-refractivity contribution in [2.45, 2.75) is 31.6 Å². The number of methoxy groups -OCH3 is 6. The highest BCUT2D eigenvalue weighted by atomic mass is 19.4. The van der Waals surface area contributed by atoms with Crippen LogP contribution in [0.5, 0.6) is 34.5 Å². The third kappa shape index (κ3) is 10.1. The second kappa shape index (κ2) is 18.8. The lowest BCUT2D eigenvalue weighted by molar-refractivity contribution is -0.138. The number of anilines is 2. The molecule has 0 fully saturated rings. The van der Waals surface area contributed by atoms with Gasteiger partial charge in [0.15, 0.2) is 23.0 Å². The molecular formula is C41H42F6N2O8. The van der Waals surface area contributed by atoms with Crippen LogP contribution in [0.15, 0.2) is 84.9 Å². The van der Waals surface area contributed by atoms with Crippen LogP contribution in [0, 0.1) is 0 Å². The first-order chi connectivity index (χ1) is 27.1. The lowest BCUT2D eigenvalue weighted by Gasteiger charge is -2.20. The maximum Gasteiger partial charge on any atom is 0.416 e. The number of halogens is 6. The normalized spacial score (nSPS) is 11.8. The highest BCUT2D eigenvalue weighted by Crippen LogP contribution is 2.45. The highest BCUT2D eigenvalue weighted by Gasteiger charge is 2.33. The van der Waals surface area contributed by atoms with Gasteiger partial charge in [0.2, 0.25) is 0 Å². The van der Waals surface area contributed by atoms with Gasteiger partial charge in [0.1, 0.15) is 17.6 Å². The number of aliphatic hydroxyl groups is 2. The smallest absolute Gasteiger partial charge is 0.416 e. The van der Waals surface area contributed by atoms with E-state index in [2.05, 4.69) is 5.32 Å². The molecule has 0 saturated carbocycles. The van der Waals surface area contributed by atoms with Gasteiger partial charge < -0.3 is 49.7 Å². The van der Waals surface area contributed by atoms with Crippen LogP contribution in [0.4, 0.5) is 37.7 Å². The monoisotopic (exact) mass is 804 g/mol. The SMILES string of the molecule is COc1ccc(CNc2ccc(C(F)(F)F)cc2-c2ccc(CO)c(OC)c2OC)c(OC)c1.COc1cccc(C(O)c2cc(C(F)(F)F)ccc2N)c1OC. The van der Waals surface area contributed by atoms with Crippen molar-refractivity contribution >= 4 is 11.4 Å². The van der Waals surface area contributed by atoms with Gasteiger partial charge in [0.25, 0.3) is 0 Å². The molecule has 5 N–H and O–H groups in total. The molecule has 1 unspecified atom stereocenters. The molecule has 306 valence electrons. The summed E-state index contributed by atoms with van der Waals surface area (Å²) in [5, 5.41) is 23.3. The largest absolute Gasteiger partial charge is 0.497 e. The Morgan fingerprint density at radius 3 is 1.79 bits per heavy atom. The number of nitrogens with two attached hydrogens (primary N) is 1. The lowest BCUT2D eigenvalue weighted by Crippen LogP contribution is -2.10. The summed E-state index contributed by atoms with van der Waals surface area (Å²) >= 11 is 0. The van der Waals surface area contributed by atoms with E-state index in [1.165, 1.54) is 47.7 Å². The zero-order valence-corrected chi connectivity index (χ0v) is 31.8. The molecule has 1 atom stereocenters. The molecule has 0 heterocycles. The molecule has 0 aromatic heterocycles. The van der Waals surface area contributed by atoms with Gasteiger partial charge in [0, 0.05) is 57.4 Å². The van der Waals surface area contributed by atoms with E-state index in [0.717, 1.165) is 35.9 Å². The van der Waals surface area contributed by atoms with Crippen LogP contribution in [0.2, 0.25) is 0 Å². The summed E-state index contributed by atoms with van der Waals surface area (Å²) in [6, 6.07) is 19.5. The molecule has 5 aromatic rings. The Bertz CT molecular complexity index is 2140. The predicted molar refractivity (Wildman–Crippen MR) is 202 cm³/mol. The molecule has 0 aliphatic heterocycles. The minimum absolute atomic E-state index is 0.0496. The maximum absolute atomic E-state index is 13.5. The fourth-order valence-corrected chi connectivity index (χ4v) is 5.94. The van der Waals surface area contributed by atoms with E-state index < -0.39 is 29.6 Å². The number of nitrogens with one attached hydrogen (secondary N) is 1. The molecule has 0 aliphatic carbocycles. The molecule has 10 nitrogen and oxygen atoms in total. The zero-order chi connectivity index (χ0) is 42.1. The second-order valence-electron chi connectivity index (χ2n) is 12.1. The molecular weight excluding hydrogens is 762 g/mol. The second-order valence-corrected chi connectivity index (χ2v) is 12.1. The maximum atomic E-state index is 13.5. The van der Waals surface area contributed by atoms with Crippen molar-refractivity contribution in [3.05, 3.63) is 118 Å². The third-order valence-corrected chi connectivity index (χ3v) is 8.81. The summed E-state index contributed by atoms with van der Waals surface area (Å²) in [6.45, 7) is -0.0372. The summed E-state index contributed by atoms with van der Waals surface area (Å²) < 4.78 is 111. The Hall–Kier alpha value is -6.00. The Balaban J connectivity index is 0.000000273. The van der Waals surface area contributed by atoms with E-state index in [4.69, 9.17) is 34.2 Å². The first-order valence-corrected chi connectivity index (χ1v) is 16.9. The topological polar surface area (TPSA) is 134 Å². The van der Waals surface area contributed by atoms with Crippen molar-refractivity contribution in [2.24, 2.45) is 0 Å². The number of nitrogen functional groups attached to an aromatic ring is 1. The van der Waals surface area contributed by atoms with E-state index in [9.17, 15) is 36.6 Å². The molecule has 0 amide bonds. The summed E-state index contributed by atoms with van der Waals surface area (Å²) in [5.74, 6) is 2.26. The molecule has 5 rings (SSSR count). The molecule has 0 aliphatic rings. The quantitative estimate of drug-likeness (QED) is 0.0676. The van der Waals surface area contributed by atoms with Crippen LogP contribution in [0.1, 0.15) is 39.5 Å². The molecule has 0 spiro atoms. The standard InChI is InChI=1S/C25H26F3NO5.C16H16F3NO3/c1-31-18-8-5-15(22(12-18)32-2)13-29-21-10-7-17(25(26,27)28)11-20(21)19-9-6-16(14-30)23(33-3)24(19)34-4;1-22-13-5-3-4-10(15(13)23-2)14(21)11-8-9(16(17,18)19)6-7-12(11)20/h5-12,29-30H,13-14H2,1-4H3;3-8,14,21H,20H2,1-2H3. The molecule has 0 radical (unpaired) electrons. The number of aliphatic hydroxyl groups excluding tert-OH is 2. The molecule has 16 heteroatoms. The van der Waals surface area contributed by atoms with E-state index >= 15 is 0 Å². The van der Waals surface area contributed by atoms with E-state index in [1.807, 2.05) is 6.07 Å². The van der Waals surface area contributed by atoms with Crippen LogP contribution >= 0.6 is 0 Å². The van der Waals surface area contributed by atoms with Gasteiger partial charge in [-0.15, -0.1) is 0 Å². The van der Waals surface area contributed by atoms with Gasteiger partial charge in [-0.2, -0.15) is 26.3 Å². The van der Waals surface area contributed by atoms with Crippen molar-refractivity contribution in [2.75, 3.05) is 53.7 Å². The van der Waals surface area contributed by atoms with Gasteiger partial charge in [-0.05, 0) is 60.7 Å². The number of hydrogen-bond donors (Lipinski definition) is 4. The number of hydrogen-bond acceptors (Lipinski definition) is 10. The number of ether oxygens (including phenoxy) is 6. The van der Waals surface area contributed by atoms with Crippen molar-refractivity contribution in [1.82, 2.24) is 0 Å². The first kappa shape index (κ1) is 43.7. The minimum atomic E-state index is -4.53. The van der Waals surface area contributed by atoms with Crippen LogP contribution in [0.3, 0.4) is 0 Å². The lowest BCUT2D eigenvalue weighted by atomic mass is 9.97. The highest BCUT2D eigenvalue weighted by molar-refractivity contribution is 5.85. The average Bonchev–Trinajstić information content (AvgIpc) is 3.21. The Morgan fingerprint density at radius 2 is 1.21 bits per heavy atom. The van der Waals surface area contributed by atoms with Gasteiger partial charge in [-0.1, -0.05) is 18.2 Å². The van der Waals surface area contributed by atoms with Crippen molar-refractivity contribution in [3.63, 3.8) is 0 Å². The number of para-hydroxylation sites is 1.